The van der Waals surface area contributed by atoms with Crippen molar-refractivity contribution in [3.05, 3.63) is 0 Å². The Morgan fingerprint density at radius 1 is 1.08 bits per heavy atom. The average Bonchev–Trinajstić information content (AvgIpc) is 2.04. The molecule has 2 amide bonds. The summed E-state index contributed by atoms with van der Waals surface area (Å²) in [5.74, 6) is -0.799. The first-order valence-corrected chi connectivity index (χ1v) is 4.65. The third kappa shape index (κ3) is 2.20. The lowest BCUT2D eigenvalue weighted by Crippen LogP contribution is -2.41. The van der Waals surface area contributed by atoms with E-state index in [2.05, 4.69) is 0 Å². The second-order valence-electron chi connectivity index (χ2n) is 3.85. The molecular formula is C9H16N2O2. The fourth-order valence-corrected chi connectivity index (χ4v) is 2.07. The highest BCUT2D eigenvalue weighted by molar-refractivity contribution is 5.87. The van der Waals surface area contributed by atoms with Crippen molar-refractivity contribution < 1.29 is 9.59 Å². The maximum absolute atomic E-state index is 11.2. The van der Waals surface area contributed by atoms with Gasteiger partial charge in [0.2, 0.25) is 11.8 Å². The van der Waals surface area contributed by atoms with Gasteiger partial charge in [0, 0.05) is 6.42 Å². The summed E-state index contributed by atoms with van der Waals surface area (Å²) in [6.07, 6.45) is 4.60. The van der Waals surface area contributed by atoms with E-state index in [9.17, 15) is 9.59 Å². The first-order valence-electron chi connectivity index (χ1n) is 4.65. The van der Waals surface area contributed by atoms with E-state index >= 15 is 0 Å². The van der Waals surface area contributed by atoms with E-state index in [4.69, 9.17) is 11.5 Å². The lowest BCUT2D eigenvalue weighted by Gasteiger charge is -2.32. The summed E-state index contributed by atoms with van der Waals surface area (Å²) in [7, 11) is 0. The summed E-state index contributed by atoms with van der Waals surface area (Å²) >= 11 is 0. The number of rotatable bonds is 3. The molecule has 0 bridgehead atoms. The molecule has 0 aromatic heterocycles. The van der Waals surface area contributed by atoms with Crippen LogP contribution in [0.2, 0.25) is 0 Å². The molecule has 0 radical (unpaired) electrons. The van der Waals surface area contributed by atoms with Crippen molar-refractivity contribution in [2.45, 2.75) is 38.5 Å². The summed E-state index contributed by atoms with van der Waals surface area (Å²) < 4.78 is 0. The molecule has 1 aliphatic rings. The second kappa shape index (κ2) is 3.77. The van der Waals surface area contributed by atoms with Crippen molar-refractivity contribution in [1.29, 1.82) is 0 Å². The van der Waals surface area contributed by atoms with E-state index in [-0.39, 0.29) is 12.3 Å². The van der Waals surface area contributed by atoms with Gasteiger partial charge in [-0.15, -0.1) is 0 Å². The molecule has 1 fully saturated rings. The van der Waals surface area contributed by atoms with Gasteiger partial charge in [0.1, 0.15) is 0 Å². The van der Waals surface area contributed by atoms with E-state index in [1.807, 2.05) is 0 Å². The first-order chi connectivity index (χ1) is 6.07. The fourth-order valence-electron chi connectivity index (χ4n) is 2.07. The summed E-state index contributed by atoms with van der Waals surface area (Å²) in [5, 5.41) is 0. The minimum atomic E-state index is -0.635. The molecule has 4 nitrogen and oxygen atoms in total. The fraction of sp³-hybridized carbons (Fsp3) is 0.778. The number of nitrogens with two attached hydrogens (primary N) is 2. The minimum absolute atomic E-state index is 0.113. The van der Waals surface area contributed by atoms with E-state index in [0.29, 0.717) is 12.8 Å². The first kappa shape index (κ1) is 10.0. The third-order valence-electron chi connectivity index (χ3n) is 2.85. The van der Waals surface area contributed by atoms with Crippen molar-refractivity contribution in [3.63, 3.8) is 0 Å². The van der Waals surface area contributed by atoms with Crippen LogP contribution in [-0.4, -0.2) is 11.8 Å². The van der Waals surface area contributed by atoms with Gasteiger partial charge in [0.15, 0.2) is 0 Å². The molecule has 0 spiro atoms. The van der Waals surface area contributed by atoms with Crippen molar-refractivity contribution in [2.75, 3.05) is 0 Å². The van der Waals surface area contributed by atoms with Crippen molar-refractivity contribution in [2.24, 2.45) is 16.9 Å². The third-order valence-corrected chi connectivity index (χ3v) is 2.85. The molecule has 74 valence electrons. The number of primary amides is 2. The van der Waals surface area contributed by atoms with Gasteiger partial charge >= 0.3 is 0 Å². The molecule has 1 aliphatic carbocycles. The molecule has 0 aromatic carbocycles. The topological polar surface area (TPSA) is 86.2 Å². The molecule has 13 heavy (non-hydrogen) atoms. The average molecular weight is 184 g/mol. The van der Waals surface area contributed by atoms with Gasteiger partial charge in [-0.25, -0.2) is 0 Å². The zero-order valence-corrected chi connectivity index (χ0v) is 7.71. The summed E-state index contributed by atoms with van der Waals surface area (Å²) in [5.41, 5.74) is 9.77. The molecular weight excluding hydrogens is 168 g/mol. The van der Waals surface area contributed by atoms with Crippen LogP contribution in [0.25, 0.3) is 0 Å². The zero-order valence-electron chi connectivity index (χ0n) is 7.71. The Balaban J connectivity index is 2.73. The van der Waals surface area contributed by atoms with Crippen LogP contribution >= 0.6 is 0 Å². The van der Waals surface area contributed by atoms with Crippen molar-refractivity contribution in [1.82, 2.24) is 0 Å². The van der Waals surface area contributed by atoms with Crippen molar-refractivity contribution in [3.8, 4) is 0 Å². The summed E-state index contributed by atoms with van der Waals surface area (Å²) in [6, 6.07) is 0. The van der Waals surface area contributed by atoms with Gasteiger partial charge in [0.05, 0.1) is 5.41 Å². The number of carbonyl (C=O) groups is 2. The zero-order chi connectivity index (χ0) is 9.90. The highest BCUT2D eigenvalue weighted by atomic mass is 16.2. The Hall–Kier alpha value is -1.06. The predicted molar refractivity (Wildman–Crippen MR) is 48.5 cm³/mol. The molecule has 4 heteroatoms. The largest absolute Gasteiger partial charge is 0.370 e. The molecule has 0 heterocycles. The van der Waals surface area contributed by atoms with E-state index in [1.165, 1.54) is 0 Å². The number of amides is 2. The number of hydrogen-bond donors (Lipinski definition) is 2. The maximum Gasteiger partial charge on any atom is 0.224 e. The SMILES string of the molecule is NC(=O)CC1(C(N)=O)CCCCC1. The smallest absolute Gasteiger partial charge is 0.224 e. The van der Waals surface area contributed by atoms with Gasteiger partial charge in [-0.1, -0.05) is 19.3 Å². The summed E-state index contributed by atoms with van der Waals surface area (Å²) in [4.78, 5) is 22.0. The van der Waals surface area contributed by atoms with Crippen LogP contribution in [0.4, 0.5) is 0 Å². The van der Waals surface area contributed by atoms with Crippen molar-refractivity contribution >= 4 is 11.8 Å². The molecule has 1 saturated carbocycles. The highest BCUT2D eigenvalue weighted by Gasteiger charge is 2.38. The Bertz CT molecular complexity index is 220. The van der Waals surface area contributed by atoms with Crippen LogP contribution in [-0.2, 0) is 9.59 Å². The lowest BCUT2D eigenvalue weighted by atomic mass is 9.71. The maximum atomic E-state index is 11.2. The van der Waals surface area contributed by atoms with Crippen LogP contribution in [0, 0.1) is 5.41 Å². The van der Waals surface area contributed by atoms with E-state index < -0.39 is 11.3 Å². The number of carbonyl (C=O) groups excluding carboxylic acids is 2. The molecule has 0 atom stereocenters. The van der Waals surface area contributed by atoms with Crippen LogP contribution in [0.15, 0.2) is 0 Å². The molecule has 4 N–H and O–H groups in total. The predicted octanol–water partition coefficient (Wildman–Crippen LogP) is 0.298. The Labute approximate surface area is 77.7 Å². The molecule has 0 aromatic rings. The quantitative estimate of drug-likeness (QED) is 0.660. The molecule has 0 unspecified atom stereocenters. The normalized spacial score (nSPS) is 20.9. The van der Waals surface area contributed by atoms with Crippen LogP contribution in [0.1, 0.15) is 38.5 Å². The second-order valence-corrected chi connectivity index (χ2v) is 3.85. The van der Waals surface area contributed by atoms with Crippen LogP contribution in [0.3, 0.4) is 0 Å². The monoisotopic (exact) mass is 184 g/mol. The summed E-state index contributed by atoms with van der Waals surface area (Å²) in [6.45, 7) is 0. The van der Waals surface area contributed by atoms with E-state index in [1.54, 1.807) is 0 Å². The highest BCUT2D eigenvalue weighted by Crippen LogP contribution is 2.38. The van der Waals surface area contributed by atoms with Gasteiger partial charge in [0.25, 0.3) is 0 Å². The molecule has 1 rings (SSSR count). The Kier molecular flexibility index (Phi) is 2.90. The van der Waals surface area contributed by atoms with Gasteiger partial charge in [-0.2, -0.15) is 0 Å². The minimum Gasteiger partial charge on any atom is -0.370 e. The number of hydrogen-bond acceptors (Lipinski definition) is 2. The molecule has 0 saturated heterocycles. The standard InChI is InChI=1S/C9H16N2O2/c10-7(12)6-9(8(11)13)4-2-1-3-5-9/h1-6H2,(H2,10,12)(H2,11,13). The lowest BCUT2D eigenvalue weighted by molar-refractivity contribution is -0.135. The Morgan fingerprint density at radius 3 is 2.00 bits per heavy atom. The van der Waals surface area contributed by atoms with Crippen LogP contribution in [0.5, 0.6) is 0 Å². The van der Waals surface area contributed by atoms with Gasteiger partial charge in [-0.3, -0.25) is 9.59 Å². The van der Waals surface area contributed by atoms with Gasteiger partial charge in [-0.05, 0) is 12.8 Å². The van der Waals surface area contributed by atoms with Crippen LogP contribution < -0.4 is 11.5 Å². The Morgan fingerprint density at radius 2 is 1.62 bits per heavy atom. The van der Waals surface area contributed by atoms with E-state index in [0.717, 1.165) is 19.3 Å². The molecule has 0 aliphatic heterocycles. The van der Waals surface area contributed by atoms with Gasteiger partial charge < -0.3 is 11.5 Å².